The fourth-order valence-electron chi connectivity index (χ4n) is 2.79. The fourth-order valence-corrected chi connectivity index (χ4v) is 4.42. The second kappa shape index (κ2) is 3.82. The summed E-state index contributed by atoms with van der Waals surface area (Å²) in [5.41, 5.74) is 0.903. The summed E-state index contributed by atoms with van der Waals surface area (Å²) in [6.45, 7) is 0. The number of carboxylic acid groups (broad SMARTS) is 1. The van der Waals surface area contributed by atoms with Crippen molar-refractivity contribution >= 4 is 15.8 Å². The van der Waals surface area contributed by atoms with Crippen LogP contribution in [-0.4, -0.2) is 25.2 Å². The second-order valence-corrected chi connectivity index (χ2v) is 7.19. The van der Waals surface area contributed by atoms with Crippen LogP contribution in [0.3, 0.4) is 0 Å². The maximum atomic E-state index is 12.0. The van der Waals surface area contributed by atoms with Gasteiger partial charge in [0.15, 0.2) is 9.84 Å². The van der Waals surface area contributed by atoms with Crippen LogP contribution in [0.5, 0.6) is 0 Å². The molecule has 1 saturated carbocycles. The molecule has 1 N–H and O–H groups in total. The first kappa shape index (κ1) is 11.7. The number of benzene rings is 1. The second-order valence-electron chi connectivity index (χ2n) is 5.11. The molecule has 0 aromatic heterocycles. The van der Waals surface area contributed by atoms with E-state index in [0.29, 0.717) is 17.2 Å². The lowest BCUT2D eigenvalue weighted by atomic mass is 9.90. The first-order valence-electron chi connectivity index (χ1n) is 6.09. The van der Waals surface area contributed by atoms with Crippen molar-refractivity contribution in [3.63, 3.8) is 0 Å². The van der Waals surface area contributed by atoms with E-state index in [2.05, 4.69) is 0 Å². The maximum Gasteiger partial charge on any atom is 0.335 e. The Morgan fingerprint density at radius 2 is 1.94 bits per heavy atom. The molecule has 0 radical (unpaired) electrons. The van der Waals surface area contributed by atoms with E-state index in [0.717, 1.165) is 18.4 Å². The number of carbonyl (C=O) groups is 1. The van der Waals surface area contributed by atoms with E-state index in [1.165, 1.54) is 12.1 Å². The molecule has 18 heavy (non-hydrogen) atoms. The van der Waals surface area contributed by atoms with Gasteiger partial charge in [-0.1, -0.05) is 0 Å². The Kier molecular flexibility index (Phi) is 2.48. The number of fused-ring (bicyclic) bond motifs is 1. The third kappa shape index (κ3) is 1.82. The molecule has 1 unspecified atom stereocenters. The molecule has 1 fully saturated rings. The Balaban J connectivity index is 2.16. The van der Waals surface area contributed by atoms with Gasteiger partial charge in [-0.25, -0.2) is 13.2 Å². The van der Waals surface area contributed by atoms with Crippen LogP contribution in [0.1, 0.15) is 41.1 Å². The summed E-state index contributed by atoms with van der Waals surface area (Å²) in [5.74, 6) is -0.0467. The van der Waals surface area contributed by atoms with E-state index in [1.54, 1.807) is 6.07 Å². The van der Waals surface area contributed by atoms with Crippen LogP contribution in [0.25, 0.3) is 0 Å². The molecular weight excluding hydrogens is 252 g/mol. The summed E-state index contributed by atoms with van der Waals surface area (Å²) in [4.78, 5) is 11.3. The van der Waals surface area contributed by atoms with Crippen LogP contribution in [0.4, 0.5) is 0 Å². The summed E-state index contributed by atoms with van der Waals surface area (Å²) in [6, 6.07) is 4.40. The Bertz CT molecular complexity index is 614. The van der Waals surface area contributed by atoms with Crippen molar-refractivity contribution in [2.45, 2.75) is 30.1 Å². The van der Waals surface area contributed by atoms with Crippen LogP contribution in [0.2, 0.25) is 0 Å². The van der Waals surface area contributed by atoms with Crippen LogP contribution in [-0.2, 0) is 9.84 Å². The zero-order chi connectivity index (χ0) is 12.9. The number of hydrogen-bond acceptors (Lipinski definition) is 3. The number of aromatic carboxylic acids is 1. The smallest absolute Gasteiger partial charge is 0.335 e. The van der Waals surface area contributed by atoms with Crippen molar-refractivity contribution in [1.82, 2.24) is 0 Å². The molecule has 2 aliphatic rings. The molecule has 1 aromatic carbocycles. The number of carboxylic acids is 1. The van der Waals surface area contributed by atoms with Gasteiger partial charge in [-0.15, -0.1) is 0 Å². The Labute approximate surface area is 106 Å². The third-order valence-corrected chi connectivity index (χ3v) is 5.69. The van der Waals surface area contributed by atoms with Crippen LogP contribution in [0.15, 0.2) is 23.1 Å². The SMILES string of the molecule is O=C(O)c1ccc2c(c1)C(C1CC1)CCS2(=O)=O. The molecule has 3 rings (SSSR count). The van der Waals surface area contributed by atoms with Gasteiger partial charge in [-0.3, -0.25) is 0 Å². The van der Waals surface area contributed by atoms with Crippen molar-refractivity contribution in [3.8, 4) is 0 Å². The van der Waals surface area contributed by atoms with Crippen LogP contribution < -0.4 is 0 Å². The van der Waals surface area contributed by atoms with Gasteiger partial charge < -0.3 is 5.11 Å². The molecule has 5 heteroatoms. The van der Waals surface area contributed by atoms with Gasteiger partial charge in [0.1, 0.15) is 0 Å². The quantitative estimate of drug-likeness (QED) is 0.889. The highest BCUT2D eigenvalue weighted by Gasteiger charge is 2.39. The lowest BCUT2D eigenvalue weighted by Gasteiger charge is -2.25. The number of hydrogen-bond donors (Lipinski definition) is 1. The molecule has 1 aliphatic heterocycles. The van der Waals surface area contributed by atoms with E-state index in [1.807, 2.05) is 0 Å². The molecule has 1 aromatic rings. The highest BCUT2D eigenvalue weighted by atomic mass is 32.2. The van der Waals surface area contributed by atoms with E-state index in [4.69, 9.17) is 5.11 Å². The van der Waals surface area contributed by atoms with Crippen molar-refractivity contribution < 1.29 is 18.3 Å². The normalized spacial score (nSPS) is 25.4. The predicted octanol–water partition coefficient (Wildman–Crippen LogP) is 2.06. The van der Waals surface area contributed by atoms with Gasteiger partial charge in [0.05, 0.1) is 16.2 Å². The van der Waals surface area contributed by atoms with Crippen molar-refractivity contribution in [2.75, 3.05) is 5.75 Å². The third-order valence-electron chi connectivity index (χ3n) is 3.88. The zero-order valence-electron chi connectivity index (χ0n) is 9.80. The minimum absolute atomic E-state index is 0.177. The lowest BCUT2D eigenvalue weighted by Crippen LogP contribution is -2.21. The van der Waals surface area contributed by atoms with E-state index in [9.17, 15) is 13.2 Å². The highest BCUT2D eigenvalue weighted by Crippen LogP contribution is 2.48. The Morgan fingerprint density at radius 1 is 1.22 bits per heavy atom. The molecule has 1 aliphatic carbocycles. The average molecular weight is 266 g/mol. The predicted molar refractivity (Wildman–Crippen MR) is 65.5 cm³/mol. The first-order valence-corrected chi connectivity index (χ1v) is 7.74. The van der Waals surface area contributed by atoms with Gasteiger partial charge in [-0.2, -0.15) is 0 Å². The first-order chi connectivity index (χ1) is 8.49. The molecule has 0 saturated heterocycles. The molecule has 96 valence electrons. The summed E-state index contributed by atoms with van der Waals surface area (Å²) in [6.07, 6.45) is 2.88. The fraction of sp³-hybridized carbons (Fsp3) is 0.462. The summed E-state index contributed by atoms with van der Waals surface area (Å²) >= 11 is 0. The van der Waals surface area contributed by atoms with Gasteiger partial charge in [0.25, 0.3) is 0 Å². The molecule has 0 bridgehead atoms. The van der Waals surface area contributed by atoms with Crippen molar-refractivity contribution in [1.29, 1.82) is 0 Å². The summed E-state index contributed by atoms with van der Waals surface area (Å²) < 4.78 is 24.0. The van der Waals surface area contributed by atoms with Crippen LogP contribution >= 0.6 is 0 Å². The minimum Gasteiger partial charge on any atom is -0.478 e. The van der Waals surface area contributed by atoms with Gasteiger partial charge in [0, 0.05) is 0 Å². The monoisotopic (exact) mass is 266 g/mol. The molecule has 0 spiro atoms. The van der Waals surface area contributed by atoms with Crippen molar-refractivity contribution in [3.05, 3.63) is 29.3 Å². The largest absolute Gasteiger partial charge is 0.478 e. The average Bonchev–Trinajstić information content (AvgIpc) is 3.12. The molecule has 1 atom stereocenters. The van der Waals surface area contributed by atoms with E-state index in [-0.39, 0.29) is 17.2 Å². The molecule has 0 amide bonds. The highest BCUT2D eigenvalue weighted by molar-refractivity contribution is 7.91. The van der Waals surface area contributed by atoms with Crippen LogP contribution in [0, 0.1) is 5.92 Å². The Morgan fingerprint density at radius 3 is 2.56 bits per heavy atom. The maximum absolute atomic E-state index is 12.0. The van der Waals surface area contributed by atoms with E-state index >= 15 is 0 Å². The van der Waals surface area contributed by atoms with Gasteiger partial charge in [-0.05, 0) is 54.9 Å². The molecule has 1 heterocycles. The molecule has 4 nitrogen and oxygen atoms in total. The minimum atomic E-state index is -3.22. The number of sulfone groups is 1. The molecular formula is C13H14O4S. The zero-order valence-corrected chi connectivity index (χ0v) is 10.6. The van der Waals surface area contributed by atoms with Crippen molar-refractivity contribution in [2.24, 2.45) is 5.92 Å². The lowest BCUT2D eigenvalue weighted by molar-refractivity contribution is 0.0696. The van der Waals surface area contributed by atoms with E-state index < -0.39 is 15.8 Å². The number of rotatable bonds is 2. The summed E-state index contributed by atoms with van der Waals surface area (Å²) in [7, 11) is -3.22. The Hall–Kier alpha value is -1.36. The standard InChI is InChI=1S/C13H14O4S/c14-13(15)9-3-4-12-11(7-9)10(8-1-2-8)5-6-18(12,16)17/h3-4,7-8,10H,1-2,5-6H2,(H,14,15). The van der Waals surface area contributed by atoms with Gasteiger partial charge >= 0.3 is 5.97 Å². The summed E-state index contributed by atoms with van der Waals surface area (Å²) in [5, 5.41) is 9.01. The topological polar surface area (TPSA) is 71.4 Å². The van der Waals surface area contributed by atoms with Gasteiger partial charge in [0.2, 0.25) is 0 Å².